The summed E-state index contributed by atoms with van der Waals surface area (Å²) in [6.45, 7) is 6.36. The molecule has 7 rings (SSSR count). The van der Waals surface area contributed by atoms with Gasteiger partial charge < -0.3 is 20.1 Å². The Labute approximate surface area is 182 Å². The van der Waals surface area contributed by atoms with Gasteiger partial charge >= 0.3 is 0 Å². The van der Waals surface area contributed by atoms with Gasteiger partial charge in [-0.2, -0.15) is 0 Å². The van der Waals surface area contributed by atoms with Crippen LogP contribution in [0.5, 0.6) is 0 Å². The van der Waals surface area contributed by atoms with Gasteiger partial charge in [0.15, 0.2) is 0 Å². The molecule has 2 unspecified atom stereocenters. The number of imidazole rings is 1. The molecule has 3 aromatic rings. The van der Waals surface area contributed by atoms with Crippen molar-refractivity contribution in [3.05, 3.63) is 78.1 Å². The lowest BCUT2D eigenvalue weighted by molar-refractivity contribution is 0.0180. The maximum atomic E-state index is 13.4. The second-order valence-corrected chi connectivity index (χ2v) is 9.22. The number of fused-ring (bicyclic) bond motifs is 1. The number of nitrogens with one attached hydrogen (secondary N) is 2. The fourth-order valence-corrected chi connectivity index (χ4v) is 6.02. The number of aromatic nitrogens is 2. The molecule has 1 amide bonds. The highest BCUT2D eigenvalue weighted by molar-refractivity contribution is 5.95. The standard InChI is InChI=1S/C25H27N5O/c31-24(19-6-4-5-18(13-19)23-26-9-10-27-23)28-22-20-14-29-11-12-30(15-20)17-25(22,16-29)21-7-2-1-3-8-21/h1-10,13,20,22H,11-12,14-17H2,(H,26,27)(H,28,31)/t20?,22-,25?/m0/s1. The first-order chi connectivity index (χ1) is 15.2. The van der Waals surface area contributed by atoms with E-state index in [2.05, 4.69) is 55.4 Å². The SMILES string of the molecule is O=C(N[C@H]1C2CN3CCN(C2)CC1(c1ccccc1)C3)c1cccc(-c2ncc[nH]2)c1. The number of benzene rings is 2. The topological polar surface area (TPSA) is 64.3 Å². The number of carbonyl (C=O) groups excluding carboxylic acids is 1. The third-order valence-electron chi connectivity index (χ3n) is 7.33. The summed E-state index contributed by atoms with van der Waals surface area (Å²) in [4.78, 5) is 26.1. The van der Waals surface area contributed by atoms with Crippen LogP contribution in [0.3, 0.4) is 0 Å². The summed E-state index contributed by atoms with van der Waals surface area (Å²) >= 11 is 0. The van der Waals surface area contributed by atoms with Crippen LogP contribution in [0.25, 0.3) is 11.4 Å². The molecule has 0 saturated carbocycles. The Hall–Kier alpha value is -2.96. The van der Waals surface area contributed by atoms with Gasteiger partial charge in [0.2, 0.25) is 0 Å². The molecule has 2 N–H and O–H groups in total. The van der Waals surface area contributed by atoms with Crippen molar-refractivity contribution in [2.45, 2.75) is 11.5 Å². The second-order valence-electron chi connectivity index (χ2n) is 9.22. The van der Waals surface area contributed by atoms with Crippen molar-refractivity contribution in [3.8, 4) is 11.4 Å². The Morgan fingerprint density at radius 2 is 1.81 bits per heavy atom. The van der Waals surface area contributed by atoms with Crippen LogP contribution >= 0.6 is 0 Å². The molecule has 4 saturated heterocycles. The average molecular weight is 414 g/mol. The Bertz CT molecular complexity index is 1060. The van der Waals surface area contributed by atoms with E-state index in [1.165, 1.54) is 5.56 Å². The van der Waals surface area contributed by atoms with Gasteiger partial charge in [0.05, 0.1) is 0 Å². The van der Waals surface area contributed by atoms with Gasteiger partial charge in [-0.3, -0.25) is 4.79 Å². The van der Waals surface area contributed by atoms with Gasteiger partial charge in [0.25, 0.3) is 5.91 Å². The predicted molar refractivity (Wildman–Crippen MR) is 120 cm³/mol. The van der Waals surface area contributed by atoms with Crippen molar-refractivity contribution in [1.29, 1.82) is 0 Å². The van der Waals surface area contributed by atoms with Gasteiger partial charge in [-0.05, 0) is 17.7 Å². The van der Waals surface area contributed by atoms with Crippen LogP contribution in [0.2, 0.25) is 0 Å². The van der Waals surface area contributed by atoms with Crippen LogP contribution < -0.4 is 5.32 Å². The minimum atomic E-state index is -0.0762. The van der Waals surface area contributed by atoms with Gasteiger partial charge in [-0.15, -0.1) is 0 Å². The van der Waals surface area contributed by atoms with E-state index >= 15 is 0 Å². The second kappa shape index (κ2) is 7.32. The van der Waals surface area contributed by atoms with E-state index in [1.807, 2.05) is 24.3 Å². The molecule has 4 fully saturated rings. The number of piperidine rings is 2. The van der Waals surface area contributed by atoms with Crippen LogP contribution in [-0.4, -0.2) is 71.0 Å². The lowest BCUT2D eigenvalue weighted by Crippen LogP contribution is -2.70. The molecule has 1 aromatic heterocycles. The first-order valence-corrected chi connectivity index (χ1v) is 11.1. The monoisotopic (exact) mass is 413 g/mol. The Morgan fingerprint density at radius 1 is 1.03 bits per heavy atom. The molecule has 6 heteroatoms. The van der Waals surface area contributed by atoms with Crippen LogP contribution in [-0.2, 0) is 5.41 Å². The predicted octanol–water partition coefficient (Wildman–Crippen LogP) is 2.37. The Morgan fingerprint density at radius 3 is 2.52 bits per heavy atom. The molecule has 4 aliphatic heterocycles. The number of aromatic amines is 1. The zero-order chi connectivity index (χ0) is 20.8. The summed E-state index contributed by atoms with van der Waals surface area (Å²) in [5, 5.41) is 3.50. The molecule has 31 heavy (non-hydrogen) atoms. The lowest BCUT2D eigenvalue weighted by Gasteiger charge is -2.55. The highest BCUT2D eigenvalue weighted by Gasteiger charge is 2.55. The highest BCUT2D eigenvalue weighted by atomic mass is 16.1. The fraction of sp³-hybridized carbons (Fsp3) is 0.360. The van der Waals surface area contributed by atoms with Crippen molar-refractivity contribution in [2.75, 3.05) is 39.3 Å². The molecular formula is C25H27N5O. The number of H-pyrrole nitrogens is 1. The zero-order valence-electron chi connectivity index (χ0n) is 17.5. The Kier molecular flexibility index (Phi) is 4.44. The Balaban J connectivity index is 1.34. The summed E-state index contributed by atoms with van der Waals surface area (Å²) in [5.41, 5.74) is 2.87. The molecular weight excluding hydrogens is 386 g/mol. The third-order valence-corrected chi connectivity index (χ3v) is 7.33. The fourth-order valence-electron chi connectivity index (χ4n) is 6.02. The van der Waals surface area contributed by atoms with E-state index in [4.69, 9.17) is 0 Å². The highest BCUT2D eigenvalue weighted by Crippen LogP contribution is 2.43. The summed E-state index contributed by atoms with van der Waals surface area (Å²) < 4.78 is 0. The van der Waals surface area contributed by atoms with Crippen LogP contribution in [0, 0.1) is 5.92 Å². The maximum Gasteiger partial charge on any atom is 0.251 e. The molecule has 158 valence electrons. The number of hydrogen-bond acceptors (Lipinski definition) is 4. The van der Waals surface area contributed by atoms with Crippen LogP contribution in [0.15, 0.2) is 67.0 Å². The number of nitrogens with zero attached hydrogens (tertiary/aromatic N) is 3. The van der Waals surface area contributed by atoms with Gasteiger partial charge in [0.1, 0.15) is 5.82 Å². The van der Waals surface area contributed by atoms with Crippen LogP contribution in [0.4, 0.5) is 0 Å². The van der Waals surface area contributed by atoms with E-state index in [0.29, 0.717) is 11.5 Å². The van der Waals surface area contributed by atoms with Crippen molar-refractivity contribution in [1.82, 2.24) is 25.1 Å². The first kappa shape index (κ1) is 18.8. The molecule has 4 bridgehead atoms. The lowest BCUT2D eigenvalue weighted by atomic mass is 9.64. The normalized spacial score (nSPS) is 31.4. The third kappa shape index (κ3) is 3.18. The summed E-state index contributed by atoms with van der Waals surface area (Å²) in [5.74, 6) is 1.22. The number of amides is 1. The molecule has 6 nitrogen and oxygen atoms in total. The van der Waals surface area contributed by atoms with Gasteiger partial charge in [-0.25, -0.2) is 4.98 Å². The van der Waals surface area contributed by atoms with E-state index in [-0.39, 0.29) is 17.4 Å². The van der Waals surface area contributed by atoms with Crippen molar-refractivity contribution in [2.24, 2.45) is 5.92 Å². The molecule has 0 aliphatic carbocycles. The molecule has 3 atom stereocenters. The summed E-state index contributed by atoms with van der Waals surface area (Å²) in [7, 11) is 0. The number of rotatable bonds is 4. The summed E-state index contributed by atoms with van der Waals surface area (Å²) in [6, 6.07) is 18.7. The quantitative estimate of drug-likeness (QED) is 0.689. The zero-order valence-corrected chi connectivity index (χ0v) is 17.5. The maximum absolute atomic E-state index is 13.4. The molecule has 5 heterocycles. The molecule has 4 aliphatic rings. The average Bonchev–Trinajstić information content (AvgIpc) is 3.23. The van der Waals surface area contributed by atoms with E-state index in [1.54, 1.807) is 12.4 Å². The molecule has 0 radical (unpaired) electrons. The van der Waals surface area contributed by atoms with E-state index in [0.717, 1.165) is 50.7 Å². The van der Waals surface area contributed by atoms with Crippen molar-refractivity contribution < 1.29 is 4.79 Å². The first-order valence-electron chi connectivity index (χ1n) is 11.1. The van der Waals surface area contributed by atoms with Crippen LogP contribution in [0.1, 0.15) is 15.9 Å². The van der Waals surface area contributed by atoms with Gasteiger partial charge in [-0.1, -0.05) is 42.5 Å². The smallest absolute Gasteiger partial charge is 0.251 e. The number of hydrogen-bond donors (Lipinski definition) is 2. The van der Waals surface area contributed by atoms with Crippen molar-refractivity contribution in [3.63, 3.8) is 0 Å². The van der Waals surface area contributed by atoms with Gasteiger partial charge in [0, 0.05) is 80.2 Å². The largest absolute Gasteiger partial charge is 0.348 e. The molecule has 2 aromatic carbocycles. The van der Waals surface area contributed by atoms with Crippen molar-refractivity contribution >= 4 is 5.91 Å². The van der Waals surface area contributed by atoms with E-state index < -0.39 is 0 Å². The van der Waals surface area contributed by atoms with E-state index in [9.17, 15) is 4.79 Å². The minimum absolute atomic E-state index is 0.00450. The molecule has 0 spiro atoms. The number of carbonyl (C=O) groups is 1. The summed E-state index contributed by atoms with van der Waals surface area (Å²) in [6.07, 6.45) is 3.53. The minimum Gasteiger partial charge on any atom is -0.348 e.